The summed E-state index contributed by atoms with van der Waals surface area (Å²) in [6.45, 7) is -0.346. The van der Waals surface area contributed by atoms with Gasteiger partial charge in [0.25, 0.3) is 5.91 Å². The van der Waals surface area contributed by atoms with Crippen molar-refractivity contribution in [2.24, 2.45) is 0 Å². The first-order valence-electron chi connectivity index (χ1n) is 7.75. The molecule has 0 bridgehead atoms. The first-order chi connectivity index (χ1) is 12.6. The van der Waals surface area contributed by atoms with Gasteiger partial charge in [-0.05, 0) is 39.0 Å². The van der Waals surface area contributed by atoms with Crippen LogP contribution < -0.4 is 10.1 Å². The maximum Gasteiger partial charge on any atom is 0.406 e. The number of nitrogens with zero attached hydrogens (tertiary/aromatic N) is 2. The molecule has 1 N–H and O–H groups in total. The monoisotopic (exact) mass is 369 g/mol. The van der Waals surface area contributed by atoms with Gasteiger partial charge in [-0.25, -0.2) is 0 Å². The van der Waals surface area contributed by atoms with Crippen LogP contribution in [0.5, 0.6) is 5.75 Å². The first kappa shape index (κ1) is 17.6. The lowest BCUT2D eigenvalue weighted by molar-refractivity contribution is -0.390. The minimum atomic E-state index is -0.647. The van der Waals surface area contributed by atoms with Crippen LogP contribution in [-0.2, 0) is 4.79 Å². The fourth-order valence-electron chi connectivity index (χ4n) is 2.40. The largest absolute Gasteiger partial charge is 0.476 e. The quantitative estimate of drug-likeness (QED) is 0.509. The summed E-state index contributed by atoms with van der Waals surface area (Å²) in [6, 6.07) is 16.0. The second-order valence-corrected chi connectivity index (χ2v) is 6.28. The molecule has 3 rings (SSSR count). The Balaban J connectivity index is 1.71. The van der Waals surface area contributed by atoms with E-state index in [1.165, 1.54) is 29.7 Å². The van der Waals surface area contributed by atoms with E-state index in [-0.39, 0.29) is 24.3 Å². The van der Waals surface area contributed by atoms with Crippen LogP contribution in [0.4, 0.5) is 5.82 Å². The van der Waals surface area contributed by atoms with Crippen LogP contribution in [0.2, 0.25) is 0 Å². The van der Waals surface area contributed by atoms with Crippen molar-refractivity contribution in [1.29, 1.82) is 0 Å². The standard InChI is InChI=1S/C18H15N3O4S/c22-16(12-25-14-8-4-10-19-18(14)21(23)24)20-17(15-9-5-11-26-15)13-6-2-1-3-7-13/h1-11,17H,12H2,(H,20,22)/t17-/m0/s1. The fraction of sp³-hybridized carbons (Fsp3) is 0.111. The molecule has 2 heterocycles. The predicted octanol–water partition coefficient (Wildman–Crippen LogP) is 3.34. The molecule has 1 aromatic carbocycles. The van der Waals surface area contributed by atoms with Crippen molar-refractivity contribution < 1.29 is 14.5 Å². The van der Waals surface area contributed by atoms with Gasteiger partial charge in [0.05, 0.1) is 6.04 Å². The van der Waals surface area contributed by atoms with Crippen LogP contribution in [0, 0.1) is 10.1 Å². The lowest BCUT2D eigenvalue weighted by Crippen LogP contribution is -2.33. The molecule has 1 atom stereocenters. The highest BCUT2D eigenvalue weighted by molar-refractivity contribution is 7.10. The van der Waals surface area contributed by atoms with Gasteiger partial charge in [-0.15, -0.1) is 11.3 Å². The van der Waals surface area contributed by atoms with Crippen molar-refractivity contribution in [1.82, 2.24) is 10.3 Å². The van der Waals surface area contributed by atoms with Gasteiger partial charge in [-0.1, -0.05) is 36.4 Å². The first-order valence-corrected chi connectivity index (χ1v) is 8.63. The van der Waals surface area contributed by atoms with Crippen molar-refractivity contribution in [2.75, 3.05) is 6.61 Å². The van der Waals surface area contributed by atoms with Gasteiger partial charge in [-0.2, -0.15) is 0 Å². The summed E-state index contributed by atoms with van der Waals surface area (Å²) in [6.07, 6.45) is 1.30. The average Bonchev–Trinajstić information content (AvgIpc) is 3.19. The van der Waals surface area contributed by atoms with E-state index in [0.717, 1.165) is 10.4 Å². The van der Waals surface area contributed by atoms with Crippen LogP contribution in [0.3, 0.4) is 0 Å². The van der Waals surface area contributed by atoms with Crippen LogP contribution in [0.1, 0.15) is 16.5 Å². The number of pyridine rings is 1. The molecule has 8 heteroatoms. The SMILES string of the molecule is O=C(COc1cccnc1[N+](=O)[O-])N[C@@H](c1ccccc1)c1cccs1. The number of carbonyl (C=O) groups is 1. The van der Waals surface area contributed by atoms with E-state index in [1.54, 1.807) is 0 Å². The van der Waals surface area contributed by atoms with Gasteiger partial charge in [0.1, 0.15) is 6.20 Å². The molecule has 26 heavy (non-hydrogen) atoms. The van der Waals surface area contributed by atoms with Gasteiger partial charge in [0.15, 0.2) is 6.61 Å². The number of nitro groups is 1. The van der Waals surface area contributed by atoms with Crippen molar-refractivity contribution in [3.8, 4) is 5.75 Å². The number of thiophene rings is 1. The van der Waals surface area contributed by atoms with E-state index < -0.39 is 10.7 Å². The molecule has 0 aliphatic carbocycles. The van der Waals surface area contributed by atoms with Crippen molar-refractivity contribution in [2.45, 2.75) is 6.04 Å². The minimum absolute atomic E-state index is 0.0416. The second-order valence-electron chi connectivity index (χ2n) is 5.30. The minimum Gasteiger partial charge on any atom is -0.476 e. The number of rotatable bonds is 7. The highest BCUT2D eigenvalue weighted by Gasteiger charge is 2.20. The summed E-state index contributed by atoms with van der Waals surface area (Å²) < 4.78 is 5.30. The molecule has 2 aromatic heterocycles. The summed E-state index contributed by atoms with van der Waals surface area (Å²) in [5.74, 6) is -0.844. The van der Waals surface area contributed by atoms with Crippen LogP contribution in [0.25, 0.3) is 0 Å². The zero-order valence-corrected chi connectivity index (χ0v) is 14.4. The molecule has 0 aliphatic rings. The molecule has 0 unspecified atom stereocenters. The third-order valence-corrected chi connectivity index (χ3v) is 4.49. The molecule has 1 amide bonds. The third-order valence-electron chi connectivity index (χ3n) is 3.55. The lowest BCUT2D eigenvalue weighted by Gasteiger charge is -2.18. The Morgan fingerprint density at radius 2 is 2.00 bits per heavy atom. The maximum absolute atomic E-state index is 12.4. The van der Waals surface area contributed by atoms with Gasteiger partial charge in [0.2, 0.25) is 5.75 Å². The Hall–Kier alpha value is -3.26. The number of hydrogen-bond acceptors (Lipinski definition) is 6. The fourth-order valence-corrected chi connectivity index (χ4v) is 3.20. The van der Waals surface area contributed by atoms with Crippen molar-refractivity contribution in [3.63, 3.8) is 0 Å². The number of hydrogen-bond donors (Lipinski definition) is 1. The Bertz CT molecular complexity index is 884. The molecule has 0 fully saturated rings. The molecule has 0 spiro atoms. The summed E-state index contributed by atoms with van der Waals surface area (Å²) in [4.78, 5) is 27.3. The summed E-state index contributed by atoms with van der Waals surface area (Å²) >= 11 is 1.53. The zero-order chi connectivity index (χ0) is 18.4. The third kappa shape index (κ3) is 4.22. The maximum atomic E-state index is 12.4. The smallest absolute Gasteiger partial charge is 0.406 e. The van der Waals surface area contributed by atoms with Crippen LogP contribution >= 0.6 is 11.3 Å². The number of ether oxygens (including phenoxy) is 1. The van der Waals surface area contributed by atoms with E-state index >= 15 is 0 Å². The molecule has 132 valence electrons. The van der Waals surface area contributed by atoms with Gasteiger partial charge >= 0.3 is 5.82 Å². The number of amides is 1. The van der Waals surface area contributed by atoms with Gasteiger partial charge < -0.3 is 20.2 Å². The molecule has 3 aromatic rings. The van der Waals surface area contributed by atoms with E-state index in [4.69, 9.17) is 4.74 Å². The molecular formula is C18H15N3O4S. The Kier molecular flexibility index (Phi) is 5.55. The van der Waals surface area contributed by atoms with Crippen LogP contribution in [0.15, 0.2) is 66.2 Å². The molecule has 0 saturated carbocycles. The Labute approximate surface area is 153 Å². The normalized spacial score (nSPS) is 11.5. The number of benzene rings is 1. The number of aromatic nitrogens is 1. The van der Waals surface area contributed by atoms with E-state index in [0.29, 0.717) is 0 Å². The van der Waals surface area contributed by atoms with Crippen molar-refractivity contribution >= 4 is 23.1 Å². The number of carbonyl (C=O) groups excluding carboxylic acids is 1. The predicted molar refractivity (Wildman–Crippen MR) is 97.1 cm³/mol. The van der Waals surface area contributed by atoms with Crippen LogP contribution in [-0.4, -0.2) is 22.4 Å². The molecule has 0 aliphatic heterocycles. The van der Waals surface area contributed by atoms with Gasteiger partial charge in [-0.3, -0.25) is 4.79 Å². The molecule has 0 saturated heterocycles. The second kappa shape index (κ2) is 8.21. The summed E-state index contributed by atoms with van der Waals surface area (Å²) in [5, 5.41) is 15.8. The molecule has 7 nitrogen and oxygen atoms in total. The highest BCUT2D eigenvalue weighted by atomic mass is 32.1. The average molecular weight is 369 g/mol. The van der Waals surface area contributed by atoms with E-state index in [1.807, 2.05) is 47.8 Å². The molecule has 0 radical (unpaired) electrons. The summed E-state index contributed by atoms with van der Waals surface area (Å²) in [5.41, 5.74) is 0.940. The zero-order valence-electron chi connectivity index (χ0n) is 13.6. The van der Waals surface area contributed by atoms with Gasteiger partial charge in [0, 0.05) is 4.88 Å². The topological polar surface area (TPSA) is 94.4 Å². The lowest BCUT2D eigenvalue weighted by atomic mass is 10.1. The molecular weight excluding hydrogens is 354 g/mol. The summed E-state index contributed by atoms with van der Waals surface area (Å²) in [7, 11) is 0. The van der Waals surface area contributed by atoms with E-state index in [9.17, 15) is 14.9 Å². The van der Waals surface area contributed by atoms with E-state index in [2.05, 4.69) is 10.3 Å². The Morgan fingerprint density at radius 3 is 2.69 bits per heavy atom. The highest BCUT2D eigenvalue weighted by Crippen LogP contribution is 2.26. The number of nitrogens with one attached hydrogen (secondary N) is 1. The van der Waals surface area contributed by atoms with Crippen molar-refractivity contribution in [3.05, 3.63) is 86.7 Å². The Morgan fingerprint density at radius 1 is 1.19 bits per heavy atom.